The second kappa shape index (κ2) is 6.04. The van der Waals surface area contributed by atoms with Crippen molar-refractivity contribution in [2.75, 3.05) is 0 Å². The molecule has 1 N–H and O–H groups in total. The lowest BCUT2D eigenvalue weighted by Crippen LogP contribution is -2.25. The number of tetrazole rings is 1. The summed E-state index contributed by atoms with van der Waals surface area (Å²) in [5, 5.41) is 15.5. The quantitative estimate of drug-likeness (QED) is 0.805. The Hall–Kier alpha value is -2.34. The Kier molecular flexibility index (Phi) is 3.75. The first-order valence-electron chi connectivity index (χ1n) is 7.99. The summed E-state index contributed by atoms with van der Waals surface area (Å²) in [6.07, 6.45) is 6.95. The number of halogens is 1. The van der Waals surface area contributed by atoms with E-state index in [1.807, 2.05) is 6.20 Å². The Labute approximate surface area is 133 Å². The normalized spacial score (nSPS) is 15.5. The third-order valence-electron chi connectivity index (χ3n) is 4.49. The molecule has 0 unspecified atom stereocenters. The van der Waals surface area contributed by atoms with Gasteiger partial charge < -0.3 is 5.32 Å². The van der Waals surface area contributed by atoms with Gasteiger partial charge >= 0.3 is 0 Å². The molecule has 23 heavy (non-hydrogen) atoms. The molecule has 1 saturated carbocycles. The molecule has 0 aliphatic heterocycles. The summed E-state index contributed by atoms with van der Waals surface area (Å²) >= 11 is 0. The van der Waals surface area contributed by atoms with Gasteiger partial charge in [-0.25, -0.2) is 4.39 Å². The van der Waals surface area contributed by atoms with E-state index in [9.17, 15) is 4.39 Å². The number of hydrogen-bond acceptors (Lipinski definition) is 4. The molecule has 6 heteroatoms. The Bertz CT molecular complexity index is 805. The van der Waals surface area contributed by atoms with Crippen LogP contribution in [-0.4, -0.2) is 26.1 Å². The summed E-state index contributed by atoms with van der Waals surface area (Å²) in [6.45, 7) is 0.740. The minimum absolute atomic E-state index is 0.236. The molecule has 3 aromatic rings. The summed E-state index contributed by atoms with van der Waals surface area (Å²) < 4.78 is 14.8. The van der Waals surface area contributed by atoms with E-state index in [2.05, 4.69) is 26.9 Å². The van der Waals surface area contributed by atoms with Crippen molar-refractivity contribution >= 4 is 5.65 Å². The lowest BCUT2D eigenvalue weighted by Gasteiger charge is -2.13. The van der Waals surface area contributed by atoms with Crippen molar-refractivity contribution in [3.8, 4) is 11.1 Å². The second-order valence-electron chi connectivity index (χ2n) is 6.07. The Morgan fingerprint density at radius 2 is 1.91 bits per heavy atom. The molecule has 4 rings (SSSR count). The van der Waals surface area contributed by atoms with Crippen LogP contribution in [0.1, 0.15) is 31.2 Å². The molecule has 1 fully saturated rings. The highest BCUT2D eigenvalue weighted by molar-refractivity contribution is 5.66. The van der Waals surface area contributed by atoms with E-state index in [0.717, 1.165) is 28.9 Å². The zero-order valence-corrected chi connectivity index (χ0v) is 12.7. The predicted octanol–water partition coefficient (Wildman–Crippen LogP) is 2.96. The van der Waals surface area contributed by atoms with E-state index in [1.54, 1.807) is 16.6 Å². The number of aromatic nitrogens is 4. The van der Waals surface area contributed by atoms with Crippen LogP contribution < -0.4 is 5.32 Å². The van der Waals surface area contributed by atoms with Gasteiger partial charge in [0.2, 0.25) is 0 Å². The van der Waals surface area contributed by atoms with Gasteiger partial charge in [-0.3, -0.25) is 0 Å². The molecule has 0 spiro atoms. The number of benzene rings is 1. The average molecular weight is 311 g/mol. The van der Waals surface area contributed by atoms with Crippen molar-refractivity contribution in [1.29, 1.82) is 0 Å². The maximum absolute atomic E-state index is 13.1. The Morgan fingerprint density at radius 1 is 1.13 bits per heavy atom. The van der Waals surface area contributed by atoms with Gasteiger partial charge in [0.15, 0.2) is 5.65 Å². The van der Waals surface area contributed by atoms with Crippen LogP contribution in [0.2, 0.25) is 0 Å². The third-order valence-corrected chi connectivity index (χ3v) is 4.49. The van der Waals surface area contributed by atoms with Gasteiger partial charge in [-0.1, -0.05) is 25.0 Å². The maximum atomic E-state index is 13.1. The van der Waals surface area contributed by atoms with Crippen molar-refractivity contribution in [2.24, 2.45) is 0 Å². The lowest BCUT2D eigenvalue weighted by molar-refractivity contribution is 0.524. The molecule has 2 heterocycles. The molecule has 118 valence electrons. The van der Waals surface area contributed by atoms with Crippen LogP contribution in [0.5, 0.6) is 0 Å². The van der Waals surface area contributed by atoms with Crippen molar-refractivity contribution in [3.63, 3.8) is 0 Å². The average Bonchev–Trinajstić information content (AvgIpc) is 3.24. The fourth-order valence-electron chi connectivity index (χ4n) is 3.23. The molecule has 2 aromatic heterocycles. The van der Waals surface area contributed by atoms with Crippen molar-refractivity contribution in [1.82, 2.24) is 25.4 Å². The molecule has 0 bridgehead atoms. The topological polar surface area (TPSA) is 55.1 Å². The molecule has 0 saturated heterocycles. The van der Waals surface area contributed by atoms with Gasteiger partial charge in [0, 0.05) is 29.9 Å². The van der Waals surface area contributed by atoms with Crippen LogP contribution >= 0.6 is 0 Å². The van der Waals surface area contributed by atoms with Gasteiger partial charge in [0.25, 0.3) is 0 Å². The van der Waals surface area contributed by atoms with Gasteiger partial charge in [-0.05, 0) is 47.0 Å². The number of rotatable bonds is 4. The number of nitrogens with one attached hydrogen (secondary N) is 1. The minimum atomic E-state index is -0.236. The van der Waals surface area contributed by atoms with Crippen LogP contribution in [0, 0.1) is 5.82 Å². The van der Waals surface area contributed by atoms with Gasteiger partial charge in [0.05, 0.1) is 0 Å². The van der Waals surface area contributed by atoms with Crippen LogP contribution in [0.3, 0.4) is 0 Å². The summed E-state index contributed by atoms with van der Waals surface area (Å²) in [4.78, 5) is 0. The van der Waals surface area contributed by atoms with Crippen LogP contribution in [0.4, 0.5) is 4.39 Å². The van der Waals surface area contributed by atoms with E-state index >= 15 is 0 Å². The summed E-state index contributed by atoms with van der Waals surface area (Å²) in [6, 6.07) is 9.15. The van der Waals surface area contributed by atoms with Crippen molar-refractivity contribution < 1.29 is 4.39 Å². The van der Waals surface area contributed by atoms with Gasteiger partial charge in [0.1, 0.15) is 5.82 Å². The zero-order valence-electron chi connectivity index (χ0n) is 12.7. The van der Waals surface area contributed by atoms with Crippen LogP contribution in [0.15, 0.2) is 36.5 Å². The van der Waals surface area contributed by atoms with Crippen LogP contribution in [0.25, 0.3) is 16.8 Å². The summed E-state index contributed by atoms with van der Waals surface area (Å²) in [5.74, 6) is -0.236. The second-order valence-corrected chi connectivity index (χ2v) is 6.07. The fourth-order valence-corrected chi connectivity index (χ4v) is 3.23. The largest absolute Gasteiger partial charge is 0.310 e. The van der Waals surface area contributed by atoms with Crippen LogP contribution in [-0.2, 0) is 6.54 Å². The first-order chi connectivity index (χ1) is 11.3. The molecule has 0 atom stereocenters. The smallest absolute Gasteiger partial charge is 0.183 e. The van der Waals surface area contributed by atoms with E-state index in [-0.39, 0.29) is 5.82 Å². The van der Waals surface area contributed by atoms with E-state index in [1.165, 1.54) is 37.8 Å². The predicted molar refractivity (Wildman–Crippen MR) is 85.3 cm³/mol. The summed E-state index contributed by atoms with van der Waals surface area (Å²) in [5.41, 5.74) is 3.75. The minimum Gasteiger partial charge on any atom is -0.310 e. The van der Waals surface area contributed by atoms with Crippen molar-refractivity contribution in [2.45, 2.75) is 38.3 Å². The molecule has 1 aliphatic carbocycles. The number of pyridine rings is 1. The van der Waals surface area contributed by atoms with Crippen molar-refractivity contribution in [3.05, 3.63) is 47.9 Å². The molecule has 1 aromatic carbocycles. The number of hydrogen-bond donors (Lipinski definition) is 1. The fraction of sp³-hybridized carbons (Fsp3) is 0.353. The SMILES string of the molecule is Fc1ccc(-c2cc(CNC3CCCC3)c3nnnn3c2)cc1. The number of fused-ring (bicyclic) bond motifs is 1. The highest BCUT2D eigenvalue weighted by Gasteiger charge is 2.16. The standard InChI is InChI=1S/C17H18FN5/c18-15-7-5-12(6-8-15)14-9-13(10-19-16-3-1-2-4-16)17-20-21-22-23(17)11-14/h5-9,11,16,19H,1-4,10H2. The molecule has 0 amide bonds. The molecule has 1 aliphatic rings. The first-order valence-corrected chi connectivity index (χ1v) is 7.99. The lowest BCUT2D eigenvalue weighted by atomic mass is 10.1. The highest BCUT2D eigenvalue weighted by atomic mass is 19.1. The first kappa shape index (κ1) is 14.3. The van der Waals surface area contributed by atoms with E-state index < -0.39 is 0 Å². The molecule has 0 radical (unpaired) electrons. The Morgan fingerprint density at radius 3 is 2.70 bits per heavy atom. The molecular formula is C17H18FN5. The molecular weight excluding hydrogens is 293 g/mol. The maximum Gasteiger partial charge on any atom is 0.183 e. The van der Waals surface area contributed by atoms with E-state index in [0.29, 0.717) is 6.04 Å². The monoisotopic (exact) mass is 311 g/mol. The highest BCUT2D eigenvalue weighted by Crippen LogP contribution is 2.23. The summed E-state index contributed by atoms with van der Waals surface area (Å²) in [7, 11) is 0. The molecule has 5 nitrogen and oxygen atoms in total. The number of nitrogens with zero attached hydrogens (tertiary/aromatic N) is 4. The third kappa shape index (κ3) is 2.94. The Balaban J connectivity index is 1.67. The van der Waals surface area contributed by atoms with Gasteiger partial charge in [-0.15, -0.1) is 5.10 Å². The van der Waals surface area contributed by atoms with E-state index in [4.69, 9.17) is 0 Å². The zero-order chi connectivity index (χ0) is 15.6. The van der Waals surface area contributed by atoms with Gasteiger partial charge in [-0.2, -0.15) is 4.52 Å².